The lowest BCUT2D eigenvalue weighted by Gasteiger charge is -2.00. The first-order valence-corrected chi connectivity index (χ1v) is 6.02. The Labute approximate surface area is 98.0 Å². The van der Waals surface area contributed by atoms with E-state index in [1.807, 2.05) is 6.07 Å². The standard InChI is InChI=1S/C12H11ClOS/c1-2-8-5-12(15-7-8)9-3-4-10(13)11(14)6-9/h3-7,14H,2H2,1H3. The molecule has 1 aromatic carbocycles. The molecule has 0 aliphatic carbocycles. The van der Waals surface area contributed by atoms with E-state index in [2.05, 4.69) is 18.4 Å². The Kier molecular flexibility index (Phi) is 2.98. The van der Waals surface area contributed by atoms with Crippen LogP contribution >= 0.6 is 22.9 Å². The van der Waals surface area contributed by atoms with Crippen molar-refractivity contribution in [3.8, 4) is 16.2 Å². The number of hydrogen-bond donors (Lipinski definition) is 1. The fraction of sp³-hybridized carbons (Fsp3) is 0.167. The van der Waals surface area contributed by atoms with Crippen LogP contribution < -0.4 is 0 Å². The molecule has 0 atom stereocenters. The van der Waals surface area contributed by atoms with Gasteiger partial charge in [-0.15, -0.1) is 11.3 Å². The van der Waals surface area contributed by atoms with Crippen molar-refractivity contribution >= 4 is 22.9 Å². The van der Waals surface area contributed by atoms with Crippen molar-refractivity contribution < 1.29 is 5.11 Å². The number of halogens is 1. The van der Waals surface area contributed by atoms with Crippen LogP contribution in [0.25, 0.3) is 10.4 Å². The van der Waals surface area contributed by atoms with E-state index in [-0.39, 0.29) is 5.75 Å². The van der Waals surface area contributed by atoms with E-state index in [1.165, 1.54) is 10.4 Å². The van der Waals surface area contributed by atoms with E-state index in [1.54, 1.807) is 23.5 Å². The van der Waals surface area contributed by atoms with Gasteiger partial charge in [-0.25, -0.2) is 0 Å². The molecule has 0 saturated carbocycles. The number of rotatable bonds is 2. The molecule has 0 unspecified atom stereocenters. The van der Waals surface area contributed by atoms with Crippen LogP contribution in [0, 0.1) is 0 Å². The minimum atomic E-state index is 0.139. The fourth-order valence-corrected chi connectivity index (χ4v) is 2.49. The summed E-state index contributed by atoms with van der Waals surface area (Å²) < 4.78 is 0. The third-order valence-corrected chi connectivity index (χ3v) is 3.64. The second-order valence-electron chi connectivity index (χ2n) is 3.34. The van der Waals surface area contributed by atoms with Gasteiger partial charge in [-0.05, 0) is 41.1 Å². The van der Waals surface area contributed by atoms with Crippen molar-refractivity contribution in [3.05, 3.63) is 40.2 Å². The number of benzene rings is 1. The van der Waals surface area contributed by atoms with Crippen molar-refractivity contribution in [1.29, 1.82) is 0 Å². The number of thiophene rings is 1. The zero-order chi connectivity index (χ0) is 10.8. The topological polar surface area (TPSA) is 20.2 Å². The minimum Gasteiger partial charge on any atom is -0.506 e. The van der Waals surface area contributed by atoms with Gasteiger partial charge in [0.25, 0.3) is 0 Å². The van der Waals surface area contributed by atoms with Crippen LogP contribution in [0.1, 0.15) is 12.5 Å². The van der Waals surface area contributed by atoms with Crippen LogP contribution in [0.3, 0.4) is 0 Å². The summed E-state index contributed by atoms with van der Waals surface area (Å²) in [7, 11) is 0. The lowest BCUT2D eigenvalue weighted by Crippen LogP contribution is -1.74. The van der Waals surface area contributed by atoms with E-state index in [0.29, 0.717) is 5.02 Å². The molecule has 0 radical (unpaired) electrons. The van der Waals surface area contributed by atoms with Crippen molar-refractivity contribution in [1.82, 2.24) is 0 Å². The summed E-state index contributed by atoms with van der Waals surface area (Å²) in [6, 6.07) is 7.49. The molecule has 0 spiro atoms. The largest absolute Gasteiger partial charge is 0.506 e. The normalized spacial score (nSPS) is 10.5. The third-order valence-electron chi connectivity index (χ3n) is 2.29. The molecule has 2 rings (SSSR count). The molecule has 0 saturated heterocycles. The molecule has 1 nitrogen and oxygen atoms in total. The predicted molar refractivity (Wildman–Crippen MR) is 65.8 cm³/mol. The smallest absolute Gasteiger partial charge is 0.134 e. The molecule has 0 aliphatic heterocycles. The van der Waals surface area contributed by atoms with Gasteiger partial charge in [0.2, 0.25) is 0 Å². The predicted octanol–water partition coefficient (Wildman–Crippen LogP) is 4.34. The molecule has 0 bridgehead atoms. The maximum Gasteiger partial charge on any atom is 0.134 e. The lowest BCUT2D eigenvalue weighted by atomic mass is 10.1. The van der Waals surface area contributed by atoms with Gasteiger partial charge in [0, 0.05) is 4.88 Å². The van der Waals surface area contributed by atoms with E-state index in [9.17, 15) is 5.11 Å². The first-order valence-electron chi connectivity index (χ1n) is 4.77. The van der Waals surface area contributed by atoms with Crippen LogP contribution in [0.4, 0.5) is 0 Å². The Bertz CT molecular complexity index is 476. The summed E-state index contributed by atoms with van der Waals surface area (Å²) >= 11 is 7.44. The maximum absolute atomic E-state index is 9.50. The number of aryl methyl sites for hydroxylation is 1. The van der Waals surface area contributed by atoms with E-state index in [4.69, 9.17) is 11.6 Å². The Morgan fingerprint density at radius 3 is 2.73 bits per heavy atom. The van der Waals surface area contributed by atoms with Gasteiger partial charge in [-0.1, -0.05) is 24.6 Å². The van der Waals surface area contributed by atoms with Gasteiger partial charge in [-0.3, -0.25) is 0 Å². The molecule has 0 aliphatic rings. The first-order chi connectivity index (χ1) is 7.20. The molecule has 3 heteroatoms. The average Bonchev–Trinajstić information content (AvgIpc) is 2.70. The van der Waals surface area contributed by atoms with E-state index >= 15 is 0 Å². The summed E-state index contributed by atoms with van der Waals surface area (Å²) in [5.41, 5.74) is 2.34. The molecule has 15 heavy (non-hydrogen) atoms. The SMILES string of the molecule is CCc1csc(-c2ccc(Cl)c(O)c2)c1. The molecule has 78 valence electrons. The van der Waals surface area contributed by atoms with Gasteiger partial charge in [0.05, 0.1) is 5.02 Å². The highest BCUT2D eigenvalue weighted by Gasteiger charge is 2.04. The number of phenolic OH excluding ortho intramolecular Hbond substituents is 1. The highest BCUT2D eigenvalue weighted by molar-refractivity contribution is 7.13. The van der Waals surface area contributed by atoms with Gasteiger partial charge in [0.1, 0.15) is 5.75 Å². The number of aromatic hydroxyl groups is 1. The molecular formula is C12H11ClOS. The fourth-order valence-electron chi connectivity index (χ4n) is 1.38. The third kappa shape index (κ3) is 2.16. The zero-order valence-electron chi connectivity index (χ0n) is 8.33. The summed E-state index contributed by atoms with van der Waals surface area (Å²) in [6.45, 7) is 2.13. The Morgan fingerprint density at radius 2 is 2.13 bits per heavy atom. The summed E-state index contributed by atoms with van der Waals surface area (Å²) in [6.07, 6.45) is 1.04. The molecule has 0 fully saturated rings. The molecule has 1 aromatic heterocycles. The van der Waals surface area contributed by atoms with Crippen LogP contribution in [-0.4, -0.2) is 5.11 Å². The second-order valence-corrected chi connectivity index (χ2v) is 4.66. The Morgan fingerprint density at radius 1 is 1.33 bits per heavy atom. The van der Waals surface area contributed by atoms with Gasteiger partial charge < -0.3 is 5.11 Å². The summed E-state index contributed by atoms with van der Waals surface area (Å²) in [5, 5.41) is 12.0. The molecule has 1 N–H and O–H groups in total. The van der Waals surface area contributed by atoms with Crippen LogP contribution in [0.15, 0.2) is 29.6 Å². The zero-order valence-corrected chi connectivity index (χ0v) is 9.90. The van der Waals surface area contributed by atoms with Gasteiger partial charge >= 0.3 is 0 Å². The number of phenols is 1. The molecule has 1 heterocycles. The second kappa shape index (κ2) is 4.25. The van der Waals surface area contributed by atoms with Crippen molar-refractivity contribution in [2.24, 2.45) is 0 Å². The first kappa shape index (κ1) is 10.5. The summed E-state index contributed by atoms with van der Waals surface area (Å²) in [5.74, 6) is 0.139. The highest BCUT2D eigenvalue weighted by Crippen LogP contribution is 2.32. The van der Waals surface area contributed by atoms with Crippen molar-refractivity contribution in [3.63, 3.8) is 0 Å². The minimum absolute atomic E-state index is 0.139. The Hall–Kier alpha value is -0.990. The summed E-state index contributed by atoms with van der Waals surface area (Å²) in [4.78, 5) is 1.17. The van der Waals surface area contributed by atoms with Gasteiger partial charge in [-0.2, -0.15) is 0 Å². The molecule has 0 amide bonds. The van der Waals surface area contributed by atoms with Crippen molar-refractivity contribution in [2.75, 3.05) is 0 Å². The van der Waals surface area contributed by atoms with E-state index < -0.39 is 0 Å². The van der Waals surface area contributed by atoms with Crippen LogP contribution in [0.2, 0.25) is 5.02 Å². The van der Waals surface area contributed by atoms with Crippen LogP contribution in [0.5, 0.6) is 5.75 Å². The van der Waals surface area contributed by atoms with Crippen molar-refractivity contribution in [2.45, 2.75) is 13.3 Å². The molecular weight excluding hydrogens is 228 g/mol. The van der Waals surface area contributed by atoms with E-state index in [0.717, 1.165) is 12.0 Å². The number of hydrogen-bond acceptors (Lipinski definition) is 2. The average molecular weight is 239 g/mol. The highest BCUT2D eigenvalue weighted by atomic mass is 35.5. The molecule has 2 aromatic rings. The quantitative estimate of drug-likeness (QED) is 0.825. The lowest BCUT2D eigenvalue weighted by molar-refractivity contribution is 0.476. The Balaban J connectivity index is 2.40. The van der Waals surface area contributed by atoms with Gasteiger partial charge in [0.15, 0.2) is 0 Å². The maximum atomic E-state index is 9.50. The van der Waals surface area contributed by atoms with Crippen LogP contribution in [-0.2, 0) is 6.42 Å². The monoisotopic (exact) mass is 238 g/mol.